The van der Waals surface area contributed by atoms with E-state index in [2.05, 4.69) is 74.0 Å². The fourth-order valence-electron chi connectivity index (χ4n) is 3.36. The number of rotatable bonds is 3. The smallest absolute Gasteiger partial charge is 0.478 e. The van der Waals surface area contributed by atoms with Gasteiger partial charge in [-0.25, -0.2) is 4.79 Å². The Morgan fingerprint density at radius 3 is 1.92 bits per heavy atom. The number of hydrogen-bond donors (Lipinski definition) is 1. The first-order valence-corrected chi connectivity index (χ1v) is 11.6. The third-order valence-electron chi connectivity index (χ3n) is 5.92. The Morgan fingerprint density at radius 2 is 1.61 bits per heavy atom. The fourth-order valence-corrected chi connectivity index (χ4v) is 3.36. The molecule has 2 aliphatic rings. The van der Waals surface area contributed by atoms with Gasteiger partial charge in [0.05, 0.1) is 11.8 Å². The van der Waals surface area contributed by atoms with E-state index >= 15 is 0 Å². The monoisotopic (exact) mass is 705 g/mol. The standard InChI is InChI=1S/C10H13N.C6H13N.C5H6N2O2.C5H11N.4CH4.W/c1-11-7-6-9-4-2-3-5-10(9)8-11;1-6-4-3-5-7(6)2;1-7-3-4(2-6-7)5(8)9;1-4-6(3)5-2;;;;;/h2-5H,6-8H2,1H3;6H,3-5H2,1-2H3;2-3H,1H3,(H,8,9);1-2,4-5H2,3H3;4*1H4;/q;;;-2;;;;;+2. The van der Waals surface area contributed by atoms with Crippen LogP contribution in [0.5, 0.6) is 0 Å². The first-order chi connectivity index (χ1) is 15.7. The number of likely N-dealkylation sites (N-methyl/N-ethyl adjacent to an activating group) is 1. The van der Waals surface area contributed by atoms with E-state index in [0.717, 1.165) is 25.7 Å². The second-order valence-corrected chi connectivity index (χ2v) is 8.74. The average Bonchev–Trinajstić information content (AvgIpc) is 3.42. The molecule has 222 valence electrons. The molecule has 8 heteroatoms. The normalized spacial score (nSPS) is 15.3. The van der Waals surface area contributed by atoms with Gasteiger partial charge in [-0.05, 0) is 65.0 Å². The molecule has 0 aliphatic carbocycles. The molecule has 0 radical (unpaired) electrons. The third-order valence-corrected chi connectivity index (χ3v) is 5.92. The summed E-state index contributed by atoms with van der Waals surface area (Å²) in [5.74, 6) is -0.942. The van der Waals surface area contributed by atoms with E-state index in [1.54, 1.807) is 7.05 Å². The van der Waals surface area contributed by atoms with E-state index in [0.29, 0.717) is 0 Å². The van der Waals surface area contributed by atoms with Gasteiger partial charge in [0.25, 0.3) is 0 Å². The van der Waals surface area contributed by atoms with Gasteiger partial charge in [-0.2, -0.15) is 5.10 Å². The minimum atomic E-state index is -0.942. The zero-order valence-electron chi connectivity index (χ0n) is 21.6. The summed E-state index contributed by atoms with van der Waals surface area (Å²) < 4.78 is 1.45. The van der Waals surface area contributed by atoms with Crippen LogP contribution in [0.1, 0.15) is 71.0 Å². The molecule has 2 aliphatic heterocycles. The van der Waals surface area contributed by atoms with Crippen LogP contribution in [0.2, 0.25) is 0 Å². The van der Waals surface area contributed by atoms with Gasteiger partial charge in [-0.3, -0.25) is 4.68 Å². The van der Waals surface area contributed by atoms with E-state index in [-0.39, 0.29) is 56.3 Å². The molecule has 0 amide bonds. The van der Waals surface area contributed by atoms with Gasteiger partial charge in [-0.1, -0.05) is 54.0 Å². The number of hydrogen-bond acceptors (Lipinski definition) is 5. The number of aryl methyl sites for hydroxylation is 1. The minimum absolute atomic E-state index is 0. The Kier molecular flexibility index (Phi) is 31.4. The van der Waals surface area contributed by atoms with Gasteiger partial charge in [0.15, 0.2) is 0 Å². The number of carboxylic acids is 1. The molecule has 1 atom stereocenters. The molecular weight excluding hydrogens is 646 g/mol. The summed E-state index contributed by atoms with van der Waals surface area (Å²) in [4.78, 5) is 17.0. The summed E-state index contributed by atoms with van der Waals surface area (Å²) in [5, 5.41) is 12.0. The number of aromatic carboxylic acids is 1. The second-order valence-electron chi connectivity index (χ2n) is 8.74. The third kappa shape index (κ3) is 18.7. The molecule has 4 rings (SSSR count). The van der Waals surface area contributed by atoms with Crippen molar-refractivity contribution in [3.05, 3.63) is 67.2 Å². The molecule has 1 fully saturated rings. The predicted octanol–water partition coefficient (Wildman–Crippen LogP) is 6.02. The molecule has 38 heavy (non-hydrogen) atoms. The van der Waals surface area contributed by atoms with Gasteiger partial charge in [0.1, 0.15) is 0 Å². The van der Waals surface area contributed by atoms with Crippen LogP contribution >= 0.6 is 0 Å². The van der Waals surface area contributed by atoms with Gasteiger partial charge < -0.3 is 33.7 Å². The maximum atomic E-state index is 10.2. The average molecular weight is 706 g/mol. The Morgan fingerprint density at radius 1 is 1.05 bits per heavy atom. The summed E-state index contributed by atoms with van der Waals surface area (Å²) in [6.45, 7) is 14.9. The molecule has 1 saturated heterocycles. The van der Waals surface area contributed by atoms with Gasteiger partial charge in [-0.15, -0.1) is 13.1 Å². The van der Waals surface area contributed by atoms with Crippen molar-refractivity contribution < 1.29 is 31.0 Å². The Hall–Kier alpha value is -1.53. The molecule has 3 heterocycles. The van der Waals surface area contributed by atoms with Crippen LogP contribution < -0.4 is 0 Å². The van der Waals surface area contributed by atoms with Gasteiger partial charge >= 0.3 is 27.0 Å². The zero-order chi connectivity index (χ0) is 24.8. The zero-order valence-corrected chi connectivity index (χ0v) is 24.5. The van der Waals surface area contributed by atoms with E-state index in [9.17, 15) is 4.79 Å². The topological polar surface area (TPSA) is 64.8 Å². The van der Waals surface area contributed by atoms with Crippen molar-refractivity contribution in [2.45, 2.75) is 68.5 Å². The molecular formula is C30H59N5O2W. The van der Waals surface area contributed by atoms with E-state index in [4.69, 9.17) is 5.11 Å². The number of aromatic nitrogens is 2. The van der Waals surface area contributed by atoms with E-state index in [1.807, 2.05) is 11.9 Å². The molecule has 1 aromatic carbocycles. The summed E-state index contributed by atoms with van der Waals surface area (Å²) in [7, 11) is 8.03. The maximum Gasteiger partial charge on any atom is 2.00 e. The van der Waals surface area contributed by atoms with Crippen LogP contribution in [0.15, 0.2) is 36.7 Å². The van der Waals surface area contributed by atoms with Crippen LogP contribution in [0.3, 0.4) is 0 Å². The summed E-state index contributed by atoms with van der Waals surface area (Å²) in [6.07, 6.45) is 6.77. The van der Waals surface area contributed by atoms with Gasteiger partial charge in [0.2, 0.25) is 0 Å². The van der Waals surface area contributed by atoms with Crippen LogP contribution in [0, 0.1) is 13.8 Å². The number of nitrogens with zero attached hydrogens (tertiary/aromatic N) is 5. The molecule has 1 N–H and O–H groups in total. The van der Waals surface area contributed by atoms with E-state index in [1.165, 1.54) is 60.6 Å². The predicted molar refractivity (Wildman–Crippen MR) is 163 cm³/mol. The summed E-state index contributed by atoms with van der Waals surface area (Å²) in [5.41, 5.74) is 3.25. The molecule has 0 saturated carbocycles. The summed E-state index contributed by atoms with van der Waals surface area (Å²) in [6, 6.07) is 9.56. The number of fused-ring (bicyclic) bond motifs is 1. The number of likely N-dealkylation sites (tertiary alicyclic amines) is 1. The molecule has 0 bridgehead atoms. The van der Waals surface area contributed by atoms with Crippen LogP contribution in [0.4, 0.5) is 0 Å². The van der Waals surface area contributed by atoms with Gasteiger partial charge in [0, 0.05) is 32.4 Å². The first kappa shape index (κ1) is 46.3. The molecule has 1 unspecified atom stereocenters. The first-order valence-electron chi connectivity index (χ1n) is 11.6. The second kappa shape index (κ2) is 25.7. The molecule has 2 aromatic rings. The maximum absolute atomic E-state index is 10.2. The number of carboxylic acid groups (broad SMARTS) is 1. The minimum Gasteiger partial charge on any atom is -0.478 e. The Balaban J connectivity index is -0.000000125. The van der Waals surface area contributed by atoms with E-state index < -0.39 is 5.97 Å². The van der Waals surface area contributed by atoms with Crippen molar-refractivity contribution in [3.8, 4) is 0 Å². The van der Waals surface area contributed by atoms with Crippen molar-refractivity contribution in [3.63, 3.8) is 0 Å². The molecule has 7 nitrogen and oxygen atoms in total. The van der Waals surface area contributed by atoms with Crippen LogP contribution in [-0.4, -0.2) is 88.9 Å². The number of benzene rings is 1. The molecule has 0 spiro atoms. The molecule has 1 aromatic heterocycles. The quantitative estimate of drug-likeness (QED) is 0.395. The van der Waals surface area contributed by atoms with Crippen molar-refractivity contribution in [2.75, 3.05) is 47.3 Å². The SMILES string of the molecule is C.C.C.C.CC1CCCN1C.CN1CCc2ccccc2C1.Cn1cc(C(=O)O)cn1.[CH2-]CN(C)C[CH2-].[W+2]. The summed E-state index contributed by atoms with van der Waals surface area (Å²) >= 11 is 0. The van der Waals surface area contributed by atoms with Crippen molar-refractivity contribution >= 4 is 5.97 Å². The van der Waals surface area contributed by atoms with Crippen molar-refractivity contribution in [1.82, 2.24) is 24.5 Å². The Bertz CT molecular complexity index is 803. The van der Waals surface area contributed by atoms with Crippen LogP contribution in [-0.2, 0) is 41.1 Å². The van der Waals surface area contributed by atoms with Crippen LogP contribution in [0.25, 0.3) is 0 Å². The Labute approximate surface area is 250 Å². The van der Waals surface area contributed by atoms with Crippen molar-refractivity contribution in [1.29, 1.82) is 0 Å². The fraction of sp³-hybridized carbons (Fsp3) is 0.600. The van der Waals surface area contributed by atoms with Crippen molar-refractivity contribution in [2.24, 2.45) is 7.05 Å². The number of carbonyl (C=O) groups is 1. The largest absolute Gasteiger partial charge is 2.00 e.